The molecule has 0 aromatic heterocycles. The fourth-order valence-electron chi connectivity index (χ4n) is 6.45. The van der Waals surface area contributed by atoms with Crippen LogP contribution in [0.2, 0.25) is 0 Å². The van der Waals surface area contributed by atoms with Crippen LogP contribution in [0.5, 0.6) is 17.2 Å². The maximum Gasteiger partial charge on any atom is 0.260 e. The SMILES string of the molecule is CCOc1ccccc1NC(=O)C1C(=O)CC(C)(O)C(C(=O)Nc2ccccc2OCC)C1c1ccc(OCC(=O)N2CCOCC2)cc1. The Morgan fingerprint density at radius 2 is 1.39 bits per heavy atom. The number of hydrogen-bond donors (Lipinski definition) is 3. The van der Waals surface area contributed by atoms with Crippen LogP contribution in [-0.4, -0.2) is 85.2 Å². The van der Waals surface area contributed by atoms with Gasteiger partial charge in [-0.1, -0.05) is 36.4 Å². The van der Waals surface area contributed by atoms with Crippen molar-refractivity contribution in [3.05, 3.63) is 78.4 Å². The van der Waals surface area contributed by atoms with Gasteiger partial charge in [-0.25, -0.2) is 0 Å². The topological polar surface area (TPSA) is 153 Å². The molecule has 0 spiro atoms. The molecule has 3 aromatic carbocycles. The van der Waals surface area contributed by atoms with Crippen LogP contribution < -0.4 is 24.8 Å². The van der Waals surface area contributed by atoms with Gasteiger partial charge in [-0.15, -0.1) is 0 Å². The van der Waals surface area contributed by atoms with Gasteiger partial charge < -0.3 is 39.6 Å². The lowest BCUT2D eigenvalue weighted by molar-refractivity contribution is -0.151. The van der Waals surface area contributed by atoms with E-state index in [0.29, 0.717) is 73.7 Å². The average molecular weight is 674 g/mol. The highest BCUT2D eigenvalue weighted by atomic mass is 16.5. The smallest absolute Gasteiger partial charge is 0.260 e. The van der Waals surface area contributed by atoms with Crippen LogP contribution >= 0.6 is 0 Å². The van der Waals surface area contributed by atoms with Crippen LogP contribution in [-0.2, 0) is 23.9 Å². The molecule has 1 heterocycles. The van der Waals surface area contributed by atoms with Gasteiger partial charge in [0.2, 0.25) is 11.8 Å². The van der Waals surface area contributed by atoms with Crippen molar-refractivity contribution in [3.63, 3.8) is 0 Å². The Labute approximate surface area is 285 Å². The standard InChI is InChI=1S/C37H43N3O9/c1-4-47-29-12-8-6-10-26(29)38-35(43)33-28(41)22-37(3,45)34(36(44)39-27-11-7-9-13-30(27)48-5-2)32(33)24-14-16-25(17-15-24)49-23-31(42)40-18-20-46-21-19-40/h6-17,32-34,45H,4-5,18-23H2,1-3H3,(H,38,43)(H,39,44). The van der Waals surface area contributed by atoms with Gasteiger partial charge in [0, 0.05) is 25.4 Å². The maximum absolute atomic E-state index is 14.2. The first-order chi connectivity index (χ1) is 23.6. The number of aliphatic hydroxyl groups is 1. The number of benzene rings is 3. The first kappa shape index (κ1) is 35.4. The monoisotopic (exact) mass is 673 g/mol. The summed E-state index contributed by atoms with van der Waals surface area (Å²) in [6, 6.07) is 20.3. The Bertz CT molecular complexity index is 1640. The molecule has 260 valence electrons. The summed E-state index contributed by atoms with van der Waals surface area (Å²) in [7, 11) is 0. The van der Waals surface area contributed by atoms with Crippen LogP contribution in [0, 0.1) is 11.8 Å². The van der Waals surface area contributed by atoms with Gasteiger partial charge in [0.1, 0.15) is 28.9 Å². The molecule has 12 heteroatoms. The van der Waals surface area contributed by atoms with E-state index in [9.17, 15) is 24.3 Å². The second-order valence-corrected chi connectivity index (χ2v) is 12.2. The number of ketones is 1. The van der Waals surface area contributed by atoms with E-state index in [4.69, 9.17) is 18.9 Å². The van der Waals surface area contributed by atoms with E-state index in [1.807, 2.05) is 13.8 Å². The van der Waals surface area contributed by atoms with Gasteiger partial charge in [-0.2, -0.15) is 0 Å². The van der Waals surface area contributed by atoms with E-state index < -0.39 is 47.4 Å². The summed E-state index contributed by atoms with van der Waals surface area (Å²) in [5.74, 6) is -4.33. The molecular weight excluding hydrogens is 630 g/mol. The molecule has 2 fully saturated rings. The number of anilines is 2. The zero-order valence-electron chi connectivity index (χ0n) is 28.0. The number of nitrogens with one attached hydrogen (secondary N) is 2. The first-order valence-corrected chi connectivity index (χ1v) is 16.5. The molecule has 1 saturated heterocycles. The predicted molar refractivity (Wildman–Crippen MR) is 182 cm³/mol. The first-order valence-electron chi connectivity index (χ1n) is 16.5. The maximum atomic E-state index is 14.2. The van der Waals surface area contributed by atoms with Crippen molar-refractivity contribution in [3.8, 4) is 17.2 Å². The minimum absolute atomic E-state index is 0.172. The number of ether oxygens (including phenoxy) is 4. The third-order valence-electron chi connectivity index (χ3n) is 8.71. The number of rotatable bonds is 12. The molecule has 0 radical (unpaired) electrons. The minimum atomic E-state index is -1.81. The van der Waals surface area contributed by atoms with Crippen molar-refractivity contribution < 1.29 is 43.2 Å². The molecule has 4 unspecified atom stereocenters. The molecule has 3 N–H and O–H groups in total. The summed E-state index contributed by atoms with van der Waals surface area (Å²) in [6.07, 6.45) is -0.426. The van der Waals surface area contributed by atoms with Gasteiger partial charge >= 0.3 is 0 Å². The van der Waals surface area contributed by atoms with Crippen molar-refractivity contribution in [2.24, 2.45) is 11.8 Å². The van der Waals surface area contributed by atoms with Gasteiger partial charge in [-0.05, 0) is 62.7 Å². The zero-order chi connectivity index (χ0) is 35.0. The molecule has 5 rings (SSSR count). The Hall–Kier alpha value is -4.94. The second kappa shape index (κ2) is 16.0. The van der Waals surface area contributed by atoms with E-state index in [1.165, 1.54) is 6.92 Å². The normalized spacial score (nSPS) is 22.2. The Balaban J connectivity index is 1.48. The Morgan fingerprint density at radius 3 is 1.96 bits per heavy atom. The molecule has 3 amide bonds. The molecule has 0 bridgehead atoms. The van der Waals surface area contributed by atoms with Crippen LogP contribution in [0.4, 0.5) is 11.4 Å². The van der Waals surface area contributed by atoms with E-state index in [1.54, 1.807) is 77.7 Å². The van der Waals surface area contributed by atoms with Gasteiger partial charge in [0.15, 0.2) is 6.61 Å². The summed E-state index contributed by atoms with van der Waals surface area (Å²) in [5, 5.41) is 17.5. The number of hydrogen-bond acceptors (Lipinski definition) is 9. The number of morpholine rings is 1. The van der Waals surface area contributed by atoms with E-state index in [2.05, 4.69) is 10.6 Å². The van der Waals surface area contributed by atoms with Crippen molar-refractivity contribution in [2.45, 2.75) is 38.7 Å². The lowest BCUT2D eigenvalue weighted by Gasteiger charge is -2.44. The summed E-state index contributed by atoms with van der Waals surface area (Å²) < 4.78 is 22.5. The molecule has 4 atom stereocenters. The third-order valence-corrected chi connectivity index (χ3v) is 8.71. The third kappa shape index (κ3) is 8.38. The molecule has 12 nitrogen and oxygen atoms in total. The molecule has 3 aromatic rings. The highest BCUT2D eigenvalue weighted by Gasteiger charge is 2.56. The van der Waals surface area contributed by atoms with E-state index in [-0.39, 0.29) is 12.5 Å². The number of carbonyl (C=O) groups is 4. The quantitative estimate of drug-likeness (QED) is 0.242. The van der Waals surface area contributed by atoms with E-state index in [0.717, 1.165) is 0 Å². The number of Topliss-reactive ketones (excluding diaryl/α,β-unsaturated/α-hetero) is 1. The number of para-hydroxylation sites is 4. The lowest BCUT2D eigenvalue weighted by atomic mass is 9.61. The number of carbonyl (C=O) groups excluding carboxylic acids is 4. The lowest BCUT2D eigenvalue weighted by Crippen LogP contribution is -2.56. The highest BCUT2D eigenvalue weighted by Crippen LogP contribution is 2.47. The highest BCUT2D eigenvalue weighted by molar-refractivity contribution is 6.11. The fraction of sp³-hybridized carbons (Fsp3) is 0.405. The van der Waals surface area contributed by atoms with Crippen molar-refractivity contribution in [1.82, 2.24) is 4.90 Å². The molecule has 1 aliphatic heterocycles. The van der Waals surface area contributed by atoms with Crippen LogP contribution in [0.25, 0.3) is 0 Å². The van der Waals surface area contributed by atoms with E-state index >= 15 is 0 Å². The van der Waals surface area contributed by atoms with Crippen molar-refractivity contribution in [2.75, 3.05) is 56.8 Å². The van der Waals surface area contributed by atoms with Gasteiger partial charge in [0.05, 0.1) is 49.3 Å². The van der Waals surface area contributed by atoms with Crippen molar-refractivity contribution in [1.29, 1.82) is 0 Å². The molecule has 49 heavy (non-hydrogen) atoms. The predicted octanol–water partition coefficient (Wildman–Crippen LogP) is 4.04. The van der Waals surface area contributed by atoms with Crippen molar-refractivity contribution >= 4 is 34.9 Å². The summed E-state index contributed by atoms with van der Waals surface area (Å²) in [4.78, 5) is 56.4. The van der Waals surface area contributed by atoms with Gasteiger partial charge in [-0.3, -0.25) is 19.2 Å². The second-order valence-electron chi connectivity index (χ2n) is 12.2. The molecular formula is C37H43N3O9. The Morgan fingerprint density at radius 1 is 0.837 bits per heavy atom. The number of amides is 3. The average Bonchev–Trinajstić information content (AvgIpc) is 3.09. The van der Waals surface area contributed by atoms with Crippen LogP contribution in [0.3, 0.4) is 0 Å². The van der Waals surface area contributed by atoms with Gasteiger partial charge in [0.25, 0.3) is 5.91 Å². The Kier molecular flexibility index (Phi) is 11.5. The summed E-state index contributed by atoms with van der Waals surface area (Å²) in [5.41, 5.74) is -0.595. The van der Waals surface area contributed by atoms with Crippen LogP contribution in [0.15, 0.2) is 72.8 Å². The summed E-state index contributed by atoms with van der Waals surface area (Å²) in [6.45, 7) is 7.56. The summed E-state index contributed by atoms with van der Waals surface area (Å²) >= 11 is 0. The molecule has 2 aliphatic rings. The molecule has 1 aliphatic carbocycles. The molecule has 1 saturated carbocycles. The largest absolute Gasteiger partial charge is 0.492 e. The number of nitrogens with zero attached hydrogens (tertiary/aromatic N) is 1. The van der Waals surface area contributed by atoms with Crippen LogP contribution in [0.1, 0.15) is 38.7 Å². The minimum Gasteiger partial charge on any atom is -0.492 e. The zero-order valence-corrected chi connectivity index (χ0v) is 28.0. The fourth-order valence-corrected chi connectivity index (χ4v) is 6.45.